The quantitative estimate of drug-likeness (QED) is 0.656. The highest BCUT2D eigenvalue weighted by atomic mass is 35.5. The van der Waals surface area contributed by atoms with E-state index in [9.17, 15) is 4.79 Å². The number of hydrazone groups is 1. The largest absolute Gasteiger partial charge is 0.485 e. The van der Waals surface area contributed by atoms with Crippen LogP contribution in [0.5, 0.6) is 11.5 Å². The van der Waals surface area contributed by atoms with Gasteiger partial charge in [-0.1, -0.05) is 56.6 Å². The number of nitrogens with zero attached hydrogens (tertiary/aromatic N) is 1. The van der Waals surface area contributed by atoms with Gasteiger partial charge in [-0.15, -0.1) is 0 Å². The van der Waals surface area contributed by atoms with Crippen molar-refractivity contribution in [2.45, 2.75) is 32.3 Å². The van der Waals surface area contributed by atoms with Crippen molar-refractivity contribution in [3.8, 4) is 11.5 Å². The first kappa shape index (κ1) is 18.3. The van der Waals surface area contributed by atoms with Crippen LogP contribution in [0, 0.1) is 0 Å². The van der Waals surface area contributed by atoms with Crippen molar-refractivity contribution in [2.24, 2.45) is 5.10 Å². The standard InChI is InChI=1S/C20H21ClN2O3/c1-20(2,3)14-8-9-16-17(10-14)26-18(12-25-16)19(24)23-22-11-13-6-4-5-7-15(13)21/h4-11,18H,12H2,1-3H3,(H,23,24)/b22-11+/t18-/m1/s1. The molecule has 0 fully saturated rings. The zero-order valence-electron chi connectivity index (χ0n) is 15.0. The summed E-state index contributed by atoms with van der Waals surface area (Å²) in [7, 11) is 0. The molecule has 1 amide bonds. The Hall–Kier alpha value is -2.53. The summed E-state index contributed by atoms with van der Waals surface area (Å²) in [5.74, 6) is 0.834. The lowest BCUT2D eigenvalue weighted by Gasteiger charge is -2.27. The zero-order valence-corrected chi connectivity index (χ0v) is 15.7. The van der Waals surface area contributed by atoms with Crippen LogP contribution in [0.4, 0.5) is 0 Å². The molecule has 1 aliphatic rings. The normalized spacial score (nSPS) is 16.5. The number of hydrogen-bond acceptors (Lipinski definition) is 4. The maximum Gasteiger partial charge on any atom is 0.284 e. The third-order valence-electron chi connectivity index (χ3n) is 4.05. The second-order valence-electron chi connectivity index (χ2n) is 7.08. The molecule has 1 heterocycles. The fraction of sp³-hybridized carbons (Fsp3) is 0.300. The zero-order chi connectivity index (χ0) is 18.7. The molecule has 0 unspecified atom stereocenters. The Morgan fingerprint density at radius 3 is 2.73 bits per heavy atom. The monoisotopic (exact) mass is 372 g/mol. The molecule has 1 atom stereocenters. The maximum atomic E-state index is 12.3. The molecule has 0 bridgehead atoms. The Morgan fingerprint density at radius 1 is 1.23 bits per heavy atom. The molecule has 0 saturated carbocycles. The Morgan fingerprint density at radius 2 is 2.00 bits per heavy atom. The number of halogens is 1. The minimum atomic E-state index is -0.763. The van der Waals surface area contributed by atoms with Crippen LogP contribution >= 0.6 is 11.6 Å². The minimum Gasteiger partial charge on any atom is -0.485 e. The van der Waals surface area contributed by atoms with Crippen LogP contribution in [0.3, 0.4) is 0 Å². The van der Waals surface area contributed by atoms with E-state index in [1.807, 2.05) is 36.4 Å². The number of amides is 1. The maximum absolute atomic E-state index is 12.3. The van der Waals surface area contributed by atoms with E-state index in [0.717, 1.165) is 11.1 Å². The van der Waals surface area contributed by atoms with Gasteiger partial charge in [0.2, 0.25) is 6.10 Å². The van der Waals surface area contributed by atoms with Crippen molar-refractivity contribution in [2.75, 3.05) is 6.61 Å². The number of benzene rings is 2. The SMILES string of the molecule is CC(C)(C)c1ccc2c(c1)O[C@@H](C(=O)N/N=C/c1ccccc1Cl)CO2. The van der Waals surface area contributed by atoms with Gasteiger partial charge >= 0.3 is 0 Å². The van der Waals surface area contributed by atoms with Crippen molar-refractivity contribution in [3.05, 3.63) is 58.6 Å². The molecule has 3 rings (SSSR count). The van der Waals surface area contributed by atoms with E-state index in [2.05, 4.69) is 31.3 Å². The Bertz CT molecular complexity index is 843. The molecule has 0 spiro atoms. The van der Waals surface area contributed by atoms with Gasteiger partial charge in [0.15, 0.2) is 11.5 Å². The van der Waals surface area contributed by atoms with E-state index in [4.69, 9.17) is 21.1 Å². The van der Waals surface area contributed by atoms with Crippen LogP contribution in [-0.4, -0.2) is 24.8 Å². The molecule has 136 valence electrons. The number of carbonyl (C=O) groups excluding carboxylic acids is 1. The van der Waals surface area contributed by atoms with Gasteiger partial charge < -0.3 is 9.47 Å². The highest BCUT2D eigenvalue weighted by Gasteiger charge is 2.28. The predicted octanol–water partition coefficient (Wildman–Crippen LogP) is 3.93. The highest BCUT2D eigenvalue weighted by Crippen LogP contribution is 2.36. The number of carbonyl (C=O) groups is 1. The summed E-state index contributed by atoms with van der Waals surface area (Å²) in [4.78, 5) is 12.3. The van der Waals surface area contributed by atoms with Gasteiger partial charge in [-0.25, -0.2) is 5.43 Å². The van der Waals surface area contributed by atoms with Crippen molar-refractivity contribution in [1.29, 1.82) is 0 Å². The molecule has 0 aromatic heterocycles. The Kier molecular flexibility index (Phi) is 5.18. The number of hydrogen-bond donors (Lipinski definition) is 1. The molecule has 0 aliphatic carbocycles. The van der Waals surface area contributed by atoms with Crippen molar-refractivity contribution >= 4 is 23.7 Å². The molecule has 26 heavy (non-hydrogen) atoms. The highest BCUT2D eigenvalue weighted by molar-refractivity contribution is 6.33. The minimum absolute atomic E-state index is 0.0210. The van der Waals surface area contributed by atoms with E-state index >= 15 is 0 Å². The van der Waals surface area contributed by atoms with Gasteiger partial charge in [0.1, 0.15) is 6.61 Å². The summed E-state index contributed by atoms with van der Waals surface area (Å²) < 4.78 is 11.5. The molecule has 1 aliphatic heterocycles. The summed E-state index contributed by atoms with van der Waals surface area (Å²) in [6.45, 7) is 6.49. The van der Waals surface area contributed by atoms with Gasteiger partial charge in [-0.2, -0.15) is 5.10 Å². The van der Waals surface area contributed by atoms with E-state index in [1.54, 1.807) is 6.07 Å². The van der Waals surface area contributed by atoms with Crippen LogP contribution in [0.2, 0.25) is 5.02 Å². The number of rotatable bonds is 3. The van der Waals surface area contributed by atoms with Crippen molar-refractivity contribution in [3.63, 3.8) is 0 Å². The Balaban J connectivity index is 1.66. The second kappa shape index (κ2) is 7.38. The topological polar surface area (TPSA) is 59.9 Å². The van der Waals surface area contributed by atoms with Gasteiger partial charge in [-0.3, -0.25) is 4.79 Å². The lowest BCUT2D eigenvalue weighted by Crippen LogP contribution is -2.42. The van der Waals surface area contributed by atoms with Gasteiger partial charge in [0, 0.05) is 10.6 Å². The van der Waals surface area contributed by atoms with Crippen LogP contribution in [-0.2, 0) is 10.2 Å². The molecule has 1 N–H and O–H groups in total. The molecule has 0 radical (unpaired) electrons. The van der Waals surface area contributed by atoms with E-state index in [0.29, 0.717) is 16.5 Å². The van der Waals surface area contributed by atoms with Gasteiger partial charge in [0.05, 0.1) is 6.21 Å². The molecular weight excluding hydrogens is 352 g/mol. The molecule has 6 heteroatoms. The van der Waals surface area contributed by atoms with E-state index in [1.165, 1.54) is 6.21 Å². The van der Waals surface area contributed by atoms with E-state index < -0.39 is 6.10 Å². The summed E-state index contributed by atoms with van der Waals surface area (Å²) in [5.41, 5.74) is 4.28. The van der Waals surface area contributed by atoms with Crippen molar-refractivity contribution < 1.29 is 14.3 Å². The summed E-state index contributed by atoms with van der Waals surface area (Å²) >= 11 is 6.05. The third-order valence-corrected chi connectivity index (χ3v) is 4.39. The predicted molar refractivity (Wildman–Crippen MR) is 102 cm³/mol. The first-order valence-electron chi connectivity index (χ1n) is 8.36. The summed E-state index contributed by atoms with van der Waals surface area (Å²) in [6, 6.07) is 13.0. The smallest absolute Gasteiger partial charge is 0.284 e. The van der Waals surface area contributed by atoms with Gasteiger partial charge in [-0.05, 0) is 29.2 Å². The lowest BCUT2D eigenvalue weighted by molar-refractivity contribution is -0.130. The average Bonchev–Trinajstić information content (AvgIpc) is 2.61. The number of fused-ring (bicyclic) bond motifs is 1. The summed E-state index contributed by atoms with van der Waals surface area (Å²) in [6.07, 6.45) is 0.733. The van der Waals surface area contributed by atoms with E-state index in [-0.39, 0.29) is 17.9 Å². The molecule has 2 aromatic rings. The fourth-order valence-corrected chi connectivity index (χ4v) is 2.67. The lowest BCUT2D eigenvalue weighted by atomic mass is 9.87. The Labute approximate surface area is 158 Å². The molecule has 0 saturated heterocycles. The third kappa shape index (κ3) is 4.17. The molecule has 5 nitrogen and oxygen atoms in total. The van der Waals surface area contributed by atoms with Crippen molar-refractivity contribution in [1.82, 2.24) is 5.43 Å². The summed E-state index contributed by atoms with van der Waals surface area (Å²) in [5, 5.41) is 4.51. The molecule has 2 aromatic carbocycles. The van der Waals surface area contributed by atoms with Crippen LogP contribution in [0.25, 0.3) is 0 Å². The number of ether oxygens (including phenoxy) is 2. The van der Waals surface area contributed by atoms with Crippen LogP contribution in [0.15, 0.2) is 47.6 Å². The first-order valence-corrected chi connectivity index (χ1v) is 8.74. The van der Waals surface area contributed by atoms with Crippen LogP contribution < -0.4 is 14.9 Å². The first-order chi connectivity index (χ1) is 12.3. The molecular formula is C20H21ClN2O3. The fourth-order valence-electron chi connectivity index (χ4n) is 2.49. The van der Waals surface area contributed by atoms with Crippen LogP contribution in [0.1, 0.15) is 31.9 Å². The number of nitrogens with one attached hydrogen (secondary N) is 1. The second-order valence-corrected chi connectivity index (χ2v) is 7.49. The average molecular weight is 373 g/mol. The van der Waals surface area contributed by atoms with Gasteiger partial charge in [0.25, 0.3) is 5.91 Å².